The lowest BCUT2D eigenvalue weighted by Gasteiger charge is -2.21. The number of hydrogen-bond donors (Lipinski definition) is 1. The summed E-state index contributed by atoms with van der Waals surface area (Å²) in [5, 5.41) is 3.63. The molecular weight excluding hydrogens is 224 g/mol. The van der Waals surface area contributed by atoms with Crippen LogP contribution in [0.15, 0.2) is 18.5 Å². The number of nitrogens with one attached hydrogen (secondary N) is 1. The molecule has 0 saturated heterocycles. The highest BCUT2D eigenvalue weighted by atomic mass is 16.5. The van der Waals surface area contributed by atoms with E-state index >= 15 is 0 Å². The van der Waals surface area contributed by atoms with E-state index < -0.39 is 0 Å². The van der Waals surface area contributed by atoms with Crippen molar-refractivity contribution in [2.75, 3.05) is 20.3 Å². The van der Waals surface area contributed by atoms with Gasteiger partial charge in [0.2, 0.25) is 0 Å². The van der Waals surface area contributed by atoms with E-state index in [1.807, 2.05) is 0 Å². The molecule has 0 saturated carbocycles. The van der Waals surface area contributed by atoms with Gasteiger partial charge in [0, 0.05) is 38.7 Å². The maximum absolute atomic E-state index is 5.08. The summed E-state index contributed by atoms with van der Waals surface area (Å²) in [5.74, 6) is 0.617. The van der Waals surface area contributed by atoms with Crippen LogP contribution in [0, 0.1) is 5.92 Å². The van der Waals surface area contributed by atoms with E-state index in [0.717, 1.165) is 26.1 Å². The van der Waals surface area contributed by atoms with Crippen LogP contribution >= 0.6 is 0 Å². The van der Waals surface area contributed by atoms with Crippen LogP contribution in [-0.2, 0) is 11.3 Å². The quantitative estimate of drug-likeness (QED) is 0.683. The lowest BCUT2D eigenvalue weighted by atomic mass is 9.98. The van der Waals surface area contributed by atoms with E-state index in [0.29, 0.717) is 12.0 Å². The number of nitrogens with zero attached hydrogens (tertiary/aromatic N) is 1. The van der Waals surface area contributed by atoms with Crippen molar-refractivity contribution >= 4 is 0 Å². The molecule has 1 atom stereocenters. The third-order valence-electron chi connectivity index (χ3n) is 3.18. The second-order valence-corrected chi connectivity index (χ2v) is 5.20. The fourth-order valence-corrected chi connectivity index (χ4v) is 2.21. The number of methoxy groups -OCH3 is 1. The normalized spacial score (nSPS) is 13.2. The summed E-state index contributed by atoms with van der Waals surface area (Å²) in [5.41, 5.74) is 1.40. The Morgan fingerprint density at radius 1 is 1.39 bits per heavy atom. The number of ether oxygens (including phenoxy) is 1. The van der Waals surface area contributed by atoms with Crippen LogP contribution in [0.1, 0.15) is 45.2 Å². The topological polar surface area (TPSA) is 26.2 Å². The summed E-state index contributed by atoms with van der Waals surface area (Å²) in [6, 6.07) is 2.70. The molecule has 0 bridgehead atoms. The summed E-state index contributed by atoms with van der Waals surface area (Å²) in [6.07, 6.45) is 6.69. The molecule has 0 aliphatic carbocycles. The first-order valence-electron chi connectivity index (χ1n) is 7.07. The van der Waals surface area contributed by atoms with Gasteiger partial charge in [-0.25, -0.2) is 0 Å². The first-order valence-corrected chi connectivity index (χ1v) is 7.07. The van der Waals surface area contributed by atoms with Gasteiger partial charge in [-0.05, 0) is 36.9 Å². The molecule has 3 heteroatoms. The molecule has 0 aliphatic heterocycles. The average Bonchev–Trinajstić information content (AvgIpc) is 2.78. The van der Waals surface area contributed by atoms with Gasteiger partial charge in [0.05, 0.1) is 0 Å². The van der Waals surface area contributed by atoms with Crippen molar-refractivity contribution in [3.05, 3.63) is 24.0 Å². The zero-order valence-electron chi connectivity index (χ0n) is 12.3. The van der Waals surface area contributed by atoms with Crippen molar-refractivity contribution in [1.29, 1.82) is 0 Å². The summed E-state index contributed by atoms with van der Waals surface area (Å²) >= 11 is 0. The summed E-state index contributed by atoms with van der Waals surface area (Å²) in [7, 11) is 1.75. The largest absolute Gasteiger partial charge is 0.385 e. The predicted molar refractivity (Wildman–Crippen MR) is 76.8 cm³/mol. The van der Waals surface area contributed by atoms with Gasteiger partial charge in [-0.1, -0.05) is 20.8 Å². The van der Waals surface area contributed by atoms with Crippen LogP contribution in [0.4, 0.5) is 0 Å². The van der Waals surface area contributed by atoms with E-state index in [1.165, 1.54) is 12.0 Å². The molecule has 1 rings (SSSR count). The van der Waals surface area contributed by atoms with Crippen molar-refractivity contribution in [2.24, 2.45) is 5.92 Å². The third-order valence-corrected chi connectivity index (χ3v) is 3.18. The Hall–Kier alpha value is -0.800. The number of hydrogen-bond acceptors (Lipinski definition) is 2. The Labute approximate surface area is 112 Å². The lowest BCUT2D eigenvalue weighted by Crippen LogP contribution is -2.26. The Morgan fingerprint density at radius 2 is 2.17 bits per heavy atom. The molecule has 0 amide bonds. The van der Waals surface area contributed by atoms with Gasteiger partial charge in [-0.15, -0.1) is 0 Å². The molecular formula is C15H28N2O. The fourth-order valence-electron chi connectivity index (χ4n) is 2.21. The smallest absolute Gasteiger partial charge is 0.0479 e. The molecule has 0 radical (unpaired) electrons. The summed E-state index contributed by atoms with van der Waals surface area (Å²) in [6.45, 7) is 9.70. The second-order valence-electron chi connectivity index (χ2n) is 5.20. The van der Waals surface area contributed by atoms with Crippen LogP contribution in [0.3, 0.4) is 0 Å². The minimum atomic E-state index is 0.466. The highest BCUT2D eigenvalue weighted by molar-refractivity contribution is 5.16. The third kappa shape index (κ3) is 4.83. The Balaban J connectivity index is 2.57. The Bertz CT molecular complexity index is 320. The van der Waals surface area contributed by atoms with Gasteiger partial charge in [0.15, 0.2) is 0 Å². The second kappa shape index (κ2) is 8.33. The molecule has 1 N–H and O–H groups in total. The molecule has 0 fully saturated rings. The van der Waals surface area contributed by atoms with E-state index in [1.54, 1.807) is 7.11 Å². The molecule has 0 aliphatic rings. The first kappa shape index (κ1) is 15.3. The van der Waals surface area contributed by atoms with Crippen LogP contribution < -0.4 is 5.32 Å². The van der Waals surface area contributed by atoms with Gasteiger partial charge in [-0.2, -0.15) is 0 Å². The molecule has 18 heavy (non-hydrogen) atoms. The summed E-state index contributed by atoms with van der Waals surface area (Å²) < 4.78 is 7.34. The SMILES string of the molecule is CCCNC(c1ccn(CCCOC)c1)C(C)C. The molecule has 1 aromatic rings. The van der Waals surface area contributed by atoms with Crippen LogP contribution in [0.25, 0.3) is 0 Å². The van der Waals surface area contributed by atoms with Gasteiger partial charge < -0.3 is 14.6 Å². The maximum atomic E-state index is 5.08. The zero-order chi connectivity index (χ0) is 13.4. The van der Waals surface area contributed by atoms with E-state index in [4.69, 9.17) is 4.74 Å². The van der Waals surface area contributed by atoms with E-state index in [-0.39, 0.29) is 0 Å². The summed E-state index contributed by atoms with van der Waals surface area (Å²) in [4.78, 5) is 0. The van der Waals surface area contributed by atoms with E-state index in [2.05, 4.69) is 49.1 Å². The van der Waals surface area contributed by atoms with Crippen molar-refractivity contribution < 1.29 is 4.74 Å². The molecule has 1 heterocycles. The number of rotatable bonds is 9. The monoisotopic (exact) mass is 252 g/mol. The minimum Gasteiger partial charge on any atom is -0.385 e. The zero-order valence-corrected chi connectivity index (χ0v) is 12.3. The average molecular weight is 252 g/mol. The van der Waals surface area contributed by atoms with E-state index in [9.17, 15) is 0 Å². The first-order chi connectivity index (χ1) is 8.69. The molecule has 1 unspecified atom stereocenters. The predicted octanol–water partition coefficient (Wildman–Crippen LogP) is 3.22. The molecule has 104 valence electrons. The standard InChI is InChI=1S/C15H28N2O/c1-5-8-16-15(13(2)3)14-7-10-17(12-14)9-6-11-18-4/h7,10,12-13,15-16H,5-6,8-9,11H2,1-4H3. The van der Waals surface area contributed by atoms with Crippen LogP contribution in [0.2, 0.25) is 0 Å². The van der Waals surface area contributed by atoms with Crippen LogP contribution in [-0.4, -0.2) is 24.8 Å². The fraction of sp³-hybridized carbons (Fsp3) is 0.733. The highest BCUT2D eigenvalue weighted by Gasteiger charge is 2.15. The maximum Gasteiger partial charge on any atom is 0.0479 e. The van der Waals surface area contributed by atoms with Crippen molar-refractivity contribution in [3.63, 3.8) is 0 Å². The van der Waals surface area contributed by atoms with Crippen molar-refractivity contribution in [2.45, 2.75) is 46.2 Å². The molecule has 0 aromatic carbocycles. The number of aryl methyl sites for hydroxylation is 1. The molecule has 1 aromatic heterocycles. The Morgan fingerprint density at radius 3 is 2.78 bits per heavy atom. The van der Waals surface area contributed by atoms with Crippen molar-refractivity contribution in [1.82, 2.24) is 9.88 Å². The highest BCUT2D eigenvalue weighted by Crippen LogP contribution is 2.22. The molecule has 3 nitrogen and oxygen atoms in total. The van der Waals surface area contributed by atoms with Gasteiger partial charge in [0.25, 0.3) is 0 Å². The Kier molecular flexibility index (Phi) is 7.06. The van der Waals surface area contributed by atoms with Crippen molar-refractivity contribution in [3.8, 4) is 0 Å². The van der Waals surface area contributed by atoms with Gasteiger partial charge in [-0.3, -0.25) is 0 Å². The number of aromatic nitrogens is 1. The van der Waals surface area contributed by atoms with Crippen LogP contribution in [0.5, 0.6) is 0 Å². The van der Waals surface area contributed by atoms with Gasteiger partial charge in [0.1, 0.15) is 0 Å². The van der Waals surface area contributed by atoms with Gasteiger partial charge >= 0.3 is 0 Å². The lowest BCUT2D eigenvalue weighted by molar-refractivity contribution is 0.190. The molecule has 0 spiro atoms. The minimum absolute atomic E-state index is 0.466.